The number of ketones is 1. The van der Waals surface area contributed by atoms with Crippen LogP contribution in [0.15, 0.2) is 42.0 Å². The molecular formula is C45H65N3O4. The fourth-order valence-electron chi connectivity index (χ4n) is 13.9. The molecule has 8 rings (SSSR count). The lowest BCUT2D eigenvalue weighted by Gasteiger charge is -2.50. The van der Waals surface area contributed by atoms with Crippen molar-refractivity contribution in [3.05, 3.63) is 47.5 Å². The van der Waals surface area contributed by atoms with Gasteiger partial charge in [0.05, 0.1) is 11.7 Å². The molecule has 1 aromatic carbocycles. The van der Waals surface area contributed by atoms with Gasteiger partial charge >= 0.3 is 0 Å². The summed E-state index contributed by atoms with van der Waals surface area (Å²) in [4.78, 5) is 40.1. The number of nitrogens with zero attached hydrogens (tertiary/aromatic N) is 1. The molecule has 2 aliphatic heterocycles. The van der Waals surface area contributed by atoms with Gasteiger partial charge < -0.3 is 15.4 Å². The topological polar surface area (TPSA) is 87.7 Å². The van der Waals surface area contributed by atoms with Gasteiger partial charge in [0.1, 0.15) is 0 Å². The summed E-state index contributed by atoms with van der Waals surface area (Å²) in [5.41, 5.74) is 3.46. The molecule has 2 unspecified atom stereocenters. The number of piperidine rings is 1. The van der Waals surface area contributed by atoms with E-state index in [2.05, 4.69) is 61.4 Å². The second-order valence-corrected chi connectivity index (χ2v) is 19.0. The standard InChI is InChI=1S/C45H65N3O4/c1-30-25-38-41(48(28-30)24-23-47-39(50)13-9-6-10-22-46-40(51)17-14-32-11-7-5-8-12-32)31(2)45(52-38)21-19-36-35-16-15-33-26-34(49)18-20-42(33,3)37(35)27-44(36)29-43(44,45)4/h5,7-8,11-12,26,30-31,35-38,41H,6,9-10,13-25,27-29H2,1-4H3,(H,46,51)(H,47,50)/t30-,31+,35-,36-,37-,38+,41-,42-,43?,44?,45+/m0/s1. The van der Waals surface area contributed by atoms with Gasteiger partial charge in [0.25, 0.3) is 0 Å². The molecule has 0 aromatic heterocycles. The predicted molar refractivity (Wildman–Crippen MR) is 204 cm³/mol. The third kappa shape index (κ3) is 6.03. The van der Waals surface area contributed by atoms with E-state index in [1.54, 1.807) is 0 Å². The minimum absolute atomic E-state index is 0.0542. The van der Waals surface area contributed by atoms with Crippen LogP contribution in [0.5, 0.6) is 0 Å². The molecule has 6 fully saturated rings. The number of carbonyl (C=O) groups is 3. The highest BCUT2D eigenvalue weighted by atomic mass is 16.5. The van der Waals surface area contributed by atoms with E-state index < -0.39 is 0 Å². The summed E-state index contributed by atoms with van der Waals surface area (Å²) in [5.74, 6) is 4.01. The molecule has 5 aliphatic carbocycles. The van der Waals surface area contributed by atoms with Crippen LogP contribution >= 0.6 is 0 Å². The average Bonchev–Trinajstić information content (AvgIpc) is 3.47. The lowest BCUT2D eigenvalue weighted by Crippen LogP contribution is -2.55. The molecule has 0 bridgehead atoms. The molecule has 0 radical (unpaired) electrons. The molecule has 2 spiro atoms. The molecule has 7 nitrogen and oxygen atoms in total. The fraction of sp³-hybridized carbons (Fsp3) is 0.756. The van der Waals surface area contributed by atoms with E-state index in [4.69, 9.17) is 4.74 Å². The van der Waals surface area contributed by atoms with Crippen LogP contribution in [-0.2, 0) is 25.5 Å². The SMILES string of the molecule is C[C@H]1C[C@H]2O[C@]3(CC[C@H]4[C@@H]5CCC6=CC(=O)CC[C@]6(C)[C@H]5CC45CC53C)[C@H](C)[C@@H]2N(CCNC(=O)CCCCCNC(=O)CCc2ccccc2)C1. The highest BCUT2D eigenvalue weighted by Crippen LogP contribution is 2.87. The zero-order valence-electron chi connectivity index (χ0n) is 32.5. The van der Waals surface area contributed by atoms with Gasteiger partial charge in [0, 0.05) is 62.8 Å². The molecule has 2 amide bonds. The summed E-state index contributed by atoms with van der Waals surface area (Å²) in [6.45, 7) is 13.4. The number of amides is 2. The number of fused-ring (bicyclic) bond motifs is 6. The van der Waals surface area contributed by atoms with Gasteiger partial charge in [-0.2, -0.15) is 0 Å². The fourth-order valence-corrected chi connectivity index (χ4v) is 13.9. The van der Waals surface area contributed by atoms with Gasteiger partial charge in [-0.25, -0.2) is 0 Å². The van der Waals surface area contributed by atoms with Crippen LogP contribution in [0.4, 0.5) is 0 Å². The summed E-state index contributed by atoms with van der Waals surface area (Å²) >= 11 is 0. The lowest BCUT2D eigenvalue weighted by molar-refractivity contribution is -0.148. The van der Waals surface area contributed by atoms with Gasteiger partial charge in [-0.15, -0.1) is 0 Å². The highest BCUT2D eigenvalue weighted by molar-refractivity contribution is 5.91. The number of hydrogen-bond acceptors (Lipinski definition) is 5. The Morgan fingerprint density at radius 2 is 1.71 bits per heavy atom. The first-order chi connectivity index (χ1) is 25.0. The van der Waals surface area contributed by atoms with Crippen LogP contribution in [0, 0.1) is 45.8 Å². The number of benzene rings is 1. The number of rotatable bonds is 12. The molecule has 2 N–H and O–H groups in total. The first-order valence-corrected chi connectivity index (χ1v) is 21.2. The maximum absolute atomic E-state index is 12.8. The van der Waals surface area contributed by atoms with E-state index in [1.165, 1.54) is 43.2 Å². The maximum Gasteiger partial charge on any atom is 0.220 e. The smallest absolute Gasteiger partial charge is 0.220 e. The number of hydrogen-bond donors (Lipinski definition) is 2. The minimum atomic E-state index is -0.0542. The summed E-state index contributed by atoms with van der Waals surface area (Å²) in [7, 11) is 0. The summed E-state index contributed by atoms with van der Waals surface area (Å²) in [5, 5.41) is 6.28. The highest BCUT2D eigenvalue weighted by Gasteiger charge is 2.84. The van der Waals surface area contributed by atoms with Crippen molar-refractivity contribution in [2.45, 2.75) is 142 Å². The zero-order chi connectivity index (χ0) is 36.3. The first kappa shape index (κ1) is 36.5. The van der Waals surface area contributed by atoms with Crippen molar-refractivity contribution >= 4 is 17.6 Å². The number of aryl methyl sites for hydroxylation is 1. The Labute approximate surface area is 312 Å². The van der Waals surface area contributed by atoms with Crippen LogP contribution in [0.25, 0.3) is 0 Å². The monoisotopic (exact) mass is 711 g/mol. The van der Waals surface area contributed by atoms with E-state index >= 15 is 0 Å². The lowest BCUT2D eigenvalue weighted by atomic mass is 9.56. The molecule has 2 saturated heterocycles. The van der Waals surface area contributed by atoms with Gasteiger partial charge in [0.15, 0.2) is 5.78 Å². The van der Waals surface area contributed by atoms with E-state index in [-0.39, 0.29) is 34.3 Å². The molecule has 52 heavy (non-hydrogen) atoms. The van der Waals surface area contributed by atoms with Gasteiger partial charge in [-0.1, -0.05) is 70.0 Å². The first-order valence-electron chi connectivity index (χ1n) is 21.2. The number of nitrogens with one attached hydrogen (secondary N) is 2. The van der Waals surface area contributed by atoms with Crippen LogP contribution in [0.1, 0.15) is 123 Å². The van der Waals surface area contributed by atoms with E-state index in [0.29, 0.717) is 55.0 Å². The maximum atomic E-state index is 12.8. The second-order valence-electron chi connectivity index (χ2n) is 19.0. The third-order valence-electron chi connectivity index (χ3n) is 16.5. The van der Waals surface area contributed by atoms with Crippen LogP contribution in [0.2, 0.25) is 0 Å². The molecule has 1 aromatic rings. The van der Waals surface area contributed by atoms with Crippen LogP contribution < -0.4 is 10.6 Å². The Morgan fingerprint density at radius 1 is 0.923 bits per heavy atom. The van der Waals surface area contributed by atoms with E-state index in [9.17, 15) is 14.4 Å². The largest absolute Gasteiger partial charge is 0.369 e. The number of allylic oxidation sites excluding steroid dienone is 2. The second kappa shape index (κ2) is 14.0. The van der Waals surface area contributed by atoms with Crippen molar-refractivity contribution in [1.29, 1.82) is 0 Å². The third-order valence-corrected chi connectivity index (χ3v) is 16.5. The van der Waals surface area contributed by atoms with Crippen molar-refractivity contribution in [2.75, 3.05) is 26.2 Å². The van der Waals surface area contributed by atoms with Crippen molar-refractivity contribution < 1.29 is 19.1 Å². The summed E-state index contributed by atoms with van der Waals surface area (Å²) in [6, 6.07) is 10.5. The van der Waals surface area contributed by atoms with Crippen LogP contribution in [0.3, 0.4) is 0 Å². The van der Waals surface area contributed by atoms with Gasteiger partial charge in [0.2, 0.25) is 11.8 Å². The molecule has 7 aliphatic rings. The zero-order valence-corrected chi connectivity index (χ0v) is 32.5. The van der Waals surface area contributed by atoms with Gasteiger partial charge in [-0.3, -0.25) is 19.3 Å². The normalized spacial score (nSPS) is 41.7. The molecule has 7 heteroatoms. The summed E-state index contributed by atoms with van der Waals surface area (Å²) < 4.78 is 7.52. The average molecular weight is 712 g/mol. The molecule has 284 valence electrons. The Balaban J connectivity index is 0.816. The molecular weight excluding hydrogens is 647 g/mol. The molecule has 2 heterocycles. The van der Waals surface area contributed by atoms with Crippen molar-refractivity contribution in [1.82, 2.24) is 15.5 Å². The van der Waals surface area contributed by atoms with Crippen molar-refractivity contribution in [3.8, 4) is 0 Å². The Bertz CT molecular complexity index is 1560. The predicted octanol–water partition coefficient (Wildman–Crippen LogP) is 7.43. The minimum Gasteiger partial charge on any atom is -0.369 e. The number of likely N-dealkylation sites (tertiary alicyclic amines) is 1. The Kier molecular flexibility index (Phi) is 9.79. The van der Waals surface area contributed by atoms with E-state index in [1.807, 2.05) is 18.2 Å². The van der Waals surface area contributed by atoms with Crippen molar-refractivity contribution in [3.63, 3.8) is 0 Å². The molecule has 4 saturated carbocycles. The quantitative estimate of drug-likeness (QED) is 0.221. The number of carbonyl (C=O) groups excluding carboxylic acids is 3. The number of unbranched alkanes of at least 4 members (excludes halogenated alkanes) is 2. The number of ether oxygens (including phenoxy) is 1. The van der Waals surface area contributed by atoms with Gasteiger partial charge in [-0.05, 0) is 117 Å². The molecule has 11 atom stereocenters. The Hall–Kier alpha value is -2.51. The van der Waals surface area contributed by atoms with Crippen molar-refractivity contribution in [2.24, 2.45) is 45.8 Å². The Morgan fingerprint density at radius 3 is 2.54 bits per heavy atom. The summed E-state index contributed by atoms with van der Waals surface area (Å²) in [6.07, 6.45) is 17.4. The van der Waals surface area contributed by atoms with E-state index in [0.717, 1.165) is 82.2 Å². The van der Waals surface area contributed by atoms with Crippen LogP contribution in [-0.4, -0.2) is 66.4 Å².